The van der Waals surface area contributed by atoms with Crippen LogP contribution in [0.3, 0.4) is 0 Å². The molecule has 6 rings (SSSR count). The van der Waals surface area contributed by atoms with Gasteiger partial charge in [-0.05, 0) is 35.4 Å². The molecule has 3 aliphatic rings. The van der Waals surface area contributed by atoms with Crippen molar-refractivity contribution in [3.05, 3.63) is 77.4 Å². The molecule has 0 unspecified atom stereocenters. The lowest BCUT2D eigenvalue weighted by molar-refractivity contribution is -0.888. The predicted molar refractivity (Wildman–Crippen MR) is 120 cm³/mol. The molecule has 3 heterocycles. The summed E-state index contributed by atoms with van der Waals surface area (Å²) < 4.78 is 6.74. The maximum absolute atomic E-state index is 6.74. The molecule has 1 saturated heterocycles. The molecule has 1 fully saturated rings. The van der Waals surface area contributed by atoms with Crippen molar-refractivity contribution in [2.75, 3.05) is 20.1 Å². The second kappa shape index (κ2) is 6.58. The van der Waals surface area contributed by atoms with Crippen LogP contribution >= 0.6 is 0 Å². The van der Waals surface area contributed by atoms with E-state index in [1.54, 1.807) is 4.90 Å². The lowest BCUT2D eigenvalue weighted by atomic mass is 9.90. The summed E-state index contributed by atoms with van der Waals surface area (Å²) in [6, 6.07) is 22.2. The van der Waals surface area contributed by atoms with Crippen LogP contribution in [0.25, 0.3) is 10.8 Å². The standard InChI is InChI=1S/C26H27N3O/c1-18-7-10-25-22(15-18)24-17-23(21-9-8-19-5-3-4-6-20(19)16-21)27-29(24)26(30-25)11-13-28(2)14-12-26/h3-10,15-16,24H,11-14,17H2,1-2H3/p+1/t24-/m1/s1. The van der Waals surface area contributed by atoms with Crippen molar-refractivity contribution in [3.8, 4) is 5.75 Å². The quantitative estimate of drug-likeness (QED) is 0.677. The minimum absolute atomic E-state index is 0.258. The van der Waals surface area contributed by atoms with Crippen LogP contribution in [0, 0.1) is 6.92 Å². The highest BCUT2D eigenvalue weighted by molar-refractivity contribution is 6.04. The predicted octanol–water partition coefficient (Wildman–Crippen LogP) is 3.70. The van der Waals surface area contributed by atoms with Crippen molar-refractivity contribution in [2.24, 2.45) is 5.10 Å². The van der Waals surface area contributed by atoms with E-state index in [0.717, 1.165) is 38.1 Å². The number of ether oxygens (including phenoxy) is 1. The third kappa shape index (κ3) is 2.74. The maximum atomic E-state index is 6.74. The molecule has 1 spiro atoms. The van der Waals surface area contributed by atoms with Gasteiger partial charge in [0.05, 0.1) is 44.7 Å². The van der Waals surface area contributed by atoms with Gasteiger partial charge in [-0.2, -0.15) is 5.10 Å². The van der Waals surface area contributed by atoms with Crippen LogP contribution in [-0.4, -0.2) is 36.6 Å². The van der Waals surface area contributed by atoms with Crippen LogP contribution in [0.4, 0.5) is 0 Å². The maximum Gasteiger partial charge on any atom is 0.208 e. The summed E-state index contributed by atoms with van der Waals surface area (Å²) in [5.74, 6) is 1.05. The number of quaternary nitrogens is 1. The van der Waals surface area contributed by atoms with Gasteiger partial charge < -0.3 is 9.64 Å². The van der Waals surface area contributed by atoms with E-state index in [0.29, 0.717) is 0 Å². The smallest absolute Gasteiger partial charge is 0.208 e. The molecule has 30 heavy (non-hydrogen) atoms. The van der Waals surface area contributed by atoms with E-state index in [9.17, 15) is 0 Å². The first kappa shape index (κ1) is 18.0. The number of nitrogens with zero attached hydrogens (tertiary/aromatic N) is 2. The molecule has 0 radical (unpaired) electrons. The van der Waals surface area contributed by atoms with E-state index in [2.05, 4.69) is 79.6 Å². The lowest BCUT2D eigenvalue weighted by Gasteiger charge is -2.49. The van der Waals surface area contributed by atoms with Crippen LogP contribution in [0.2, 0.25) is 0 Å². The first-order valence-corrected chi connectivity index (χ1v) is 11.1. The van der Waals surface area contributed by atoms with E-state index in [-0.39, 0.29) is 11.8 Å². The van der Waals surface area contributed by atoms with Crippen molar-refractivity contribution in [1.82, 2.24) is 5.01 Å². The minimum atomic E-state index is -0.314. The second-order valence-corrected chi connectivity index (χ2v) is 9.22. The Morgan fingerprint density at radius 2 is 1.80 bits per heavy atom. The number of rotatable bonds is 1. The monoisotopic (exact) mass is 398 g/mol. The van der Waals surface area contributed by atoms with Gasteiger partial charge in [0.25, 0.3) is 0 Å². The summed E-state index contributed by atoms with van der Waals surface area (Å²) in [4.78, 5) is 1.58. The van der Waals surface area contributed by atoms with Crippen molar-refractivity contribution in [1.29, 1.82) is 0 Å². The van der Waals surface area contributed by atoms with Crippen LogP contribution < -0.4 is 9.64 Å². The van der Waals surface area contributed by atoms with Gasteiger partial charge in [-0.3, -0.25) is 0 Å². The van der Waals surface area contributed by atoms with Crippen molar-refractivity contribution in [3.63, 3.8) is 0 Å². The Morgan fingerprint density at radius 1 is 1.00 bits per heavy atom. The molecule has 3 aliphatic heterocycles. The molecule has 0 bridgehead atoms. The first-order chi connectivity index (χ1) is 14.6. The highest BCUT2D eigenvalue weighted by Crippen LogP contribution is 2.49. The molecule has 4 heteroatoms. The molecule has 0 aromatic heterocycles. The molecule has 0 aliphatic carbocycles. The number of piperidine rings is 1. The number of hydrazone groups is 1. The molecular weight excluding hydrogens is 370 g/mol. The Balaban J connectivity index is 1.45. The van der Waals surface area contributed by atoms with Gasteiger partial charge in [-0.1, -0.05) is 54.1 Å². The van der Waals surface area contributed by atoms with E-state index in [4.69, 9.17) is 9.84 Å². The zero-order chi connectivity index (χ0) is 20.3. The minimum Gasteiger partial charge on any atom is -0.466 e. The van der Waals surface area contributed by atoms with Gasteiger partial charge in [0.15, 0.2) is 0 Å². The van der Waals surface area contributed by atoms with E-state index < -0.39 is 0 Å². The van der Waals surface area contributed by atoms with Gasteiger partial charge >= 0.3 is 0 Å². The topological polar surface area (TPSA) is 29.3 Å². The molecule has 0 saturated carbocycles. The summed E-state index contributed by atoms with van der Waals surface area (Å²) in [6.07, 6.45) is 2.96. The zero-order valence-corrected chi connectivity index (χ0v) is 17.7. The normalized spacial score (nSPS) is 27.5. The van der Waals surface area contributed by atoms with E-state index in [1.165, 1.54) is 33.2 Å². The Hall–Kier alpha value is -2.85. The van der Waals surface area contributed by atoms with Crippen molar-refractivity contribution < 1.29 is 9.64 Å². The van der Waals surface area contributed by atoms with Crippen molar-refractivity contribution >= 4 is 16.5 Å². The molecule has 0 amide bonds. The number of nitrogens with one attached hydrogen (secondary N) is 1. The lowest BCUT2D eigenvalue weighted by Crippen LogP contribution is -3.11. The van der Waals surface area contributed by atoms with Gasteiger partial charge in [0, 0.05) is 12.0 Å². The van der Waals surface area contributed by atoms with Gasteiger partial charge in [-0.15, -0.1) is 0 Å². The van der Waals surface area contributed by atoms with Crippen LogP contribution in [0.5, 0.6) is 5.75 Å². The summed E-state index contributed by atoms with van der Waals surface area (Å²) in [5, 5.41) is 10.1. The molecule has 3 aromatic rings. The SMILES string of the molecule is Cc1ccc2c(c1)[C@H]1CC(c3ccc4ccccc4c3)=NN1C1(CC[NH+](C)CC1)O2. The molecular formula is C26H28N3O+. The number of fused-ring (bicyclic) bond motifs is 5. The molecule has 4 nitrogen and oxygen atoms in total. The Labute approximate surface area is 177 Å². The zero-order valence-electron chi connectivity index (χ0n) is 17.7. The summed E-state index contributed by atoms with van der Waals surface area (Å²) >= 11 is 0. The highest BCUT2D eigenvalue weighted by Gasteiger charge is 2.52. The summed E-state index contributed by atoms with van der Waals surface area (Å²) in [7, 11) is 2.28. The molecule has 152 valence electrons. The van der Waals surface area contributed by atoms with Gasteiger partial charge in [-0.25, -0.2) is 5.01 Å². The van der Waals surface area contributed by atoms with Gasteiger partial charge in [0.2, 0.25) is 5.72 Å². The Morgan fingerprint density at radius 3 is 2.63 bits per heavy atom. The fourth-order valence-corrected chi connectivity index (χ4v) is 5.34. The molecule has 3 aromatic carbocycles. The summed E-state index contributed by atoms with van der Waals surface area (Å²) in [6.45, 7) is 4.39. The number of benzene rings is 3. The Kier molecular flexibility index (Phi) is 3.94. The highest BCUT2D eigenvalue weighted by atomic mass is 16.5. The van der Waals surface area contributed by atoms with Crippen LogP contribution in [0.15, 0.2) is 65.8 Å². The number of likely N-dealkylation sites (tertiary alicyclic amines) is 1. The number of aryl methyl sites for hydroxylation is 1. The molecule has 1 N–H and O–H groups in total. The average Bonchev–Trinajstić information content (AvgIpc) is 3.23. The van der Waals surface area contributed by atoms with E-state index in [1.807, 2.05) is 0 Å². The van der Waals surface area contributed by atoms with Crippen LogP contribution in [0.1, 0.15) is 42.0 Å². The Bertz CT molecular complexity index is 1160. The van der Waals surface area contributed by atoms with Gasteiger partial charge in [0.1, 0.15) is 5.75 Å². The van der Waals surface area contributed by atoms with Crippen LogP contribution in [-0.2, 0) is 0 Å². The fourth-order valence-electron chi connectivity index (χ4n) is 5.34. The summed E-state index contributed by atoms with van der Waals surface area (Å²) in [5.41, 5.74) is 4.65. The van der Waals surface area contributed by atoms with Crippen molar-refractivity contribution in [2.45, 2.75) is 38.0 Å². The first-order valence-electron chi connectivity index (χ1n) is 11.1. The largest absolute Gasteiger partial charge is 0.466 e. The van der Waals surface area contributed by atoms with E-state index >= 15 is 0 Å². The molecule has 1 atom stereocenters. The third-order valence-corrected chi connectivity index (χ3v) is 7.12. The fraction of sp³-hybridized carbons (Fsp3) is 0.346. The average molecular weight is 399 g/mol. The number of hydrogen-bond donors (Lipinski definition) is 1. The third-order valence-electron chi connectivity index (χ3n) is 7.12. The number of hydrogen-bond acceptors (Lipinski definition) is 3. The second-order valence-electron chi connectivity index (χ2n) is 9.22.